The molecule has 3 rings (SSSR count). The van der Waals surface area contributed by atoms with E-state index in [-0.39, 0.29) is 0 Å². The smallest absolute Gasteiger partial charge is 0.0507 e. The molecule has 1 aromatic heterocycles. The lowest BCUT2D eigenvalue weighted by Crippen LogP contribution is -2.22. The summed E-state index contributed by atoms with van der Waals surface area (Å²) in [6.07, 6.45) is 6.87. The third kappa shape index (κ3) is 1.25. The Bertz CT molecular complexity index is 717. The van der Waals surface area contributed by atoms with Crippen LogP contribution in [-0.4, -0.2) is 0 Å². The van der Waals surface area contributed by atoms with Crippen molar-refractivity contribution in [3.63, 3.8) is 0 Å². The first-order chi connectivity index (χ1) is 7.36. The maximum atomic E-state index is 3.21. The molecule has 0 fully saturated rings. The van der Waals surface area contributed by atoms with E-state index in [4.69, 9.17) is 0 Å². The molecule has 0 N–H and O–H groups in total. The molecule has 2 aliphatic carbocycles. The van der Waals surface area contributed by atoms with Crippen LogP contribution >= 0.6 is 11.3 Å². The topological polar surface area (TPSA) is 0 Å². The molecule has 15 heavy (non-hydrogen) atoms. The molecule has 0 radical (unpaired) electrons. The van der Waals surface area contributed by atoms with Gasteiger partial charge in [-0.15, -0.1) is 11.3 Å². The highest BCUT2D eigenvalue weighted by molar-refractivity contribution is 7.10. The lowest BCUT2D eigenvalue weighted by molar-refractivity contribution is 1.39. The van der Waals surface area contributed by atoms with Crippen LogP contribution in [0.3, 0.4) is 0 Å². The van der Waals surface area contributed by atoms with Crippen LogP contribution in [-0.2, 0) is 6.42 Å². The van der Waals surface area contributed by atoms with Crippen LogP contribution in [0.1, 0.15) is 17.4 Å². The van der Waals surface area contributed by atoms with Crippen LogP contribution in [0.15, 0.2) is 17.9 Å². The van der Waals surface area contributed by atoms with Crippen molar-refractivity contribution in [2.45, 2.75) is 13.3 Å². The normalized spacial score (nSPS) is 14.9. The van der Waals surface area contributed by atoms with Gasteiger partial charge in [-0.3, -0.25) is 0 Å². The zero-order chi connectivity index (χ0) is 10.3. The summed E-state index contributed by atoms with van der Waals surface area (Å²) in [5.74, 6) is 6.14. The minimum absolute atomic E-state index is 0.856. The van der Waals surface area contributed by atoms with Gasteiger partial charge in [0.2, 0.25) is 0 Å². The Kier molecular flexibility index (Phi) is 1.81. The molecule has 0 atom stereocenters. The van der Waals surface area contributed by atoms with E-state index in [0.29, 0.717) is 0 Å². The number of thiophene rings is 1. The SMILES string of the molecule is CC1=c2sc3c(c2=C=C=C1)C=CC#CC3. The molecule has 0 aliphatic heterocycles. The van der Waals surface area contributed by atoms with E-state index >= 15 is 0 Å². The molecule has 0 saturated heterocycles. The van der Waals surface area contributed by atoms with E-state index in [0.717, 1.165) is 6.42 Å². The van der Waals surface area contributed by atoms with Gasteiger partial charge in [-0.2, -0.15) is 0 Å². The van der Waals surface area contributed by atoms with Gasteiger partial charge in [0.1, 0.15) is 0 Å². The van der Waals surface area contributed by atoms with Gasteiger partial charge < -0.3 is 0 Å². The first-order valence-electron chi connectivity index (χ1n) is 4.85. The molecule has 0 saturated carbocycles. The molecule has 70 valence electrons. The molecule has 0 aromatic carbocycles. The second-order valence-corrected chi connectivity index (χ2v) is 4.68. The summed E-state index contributed by atoms with van der Waals surface area (Å²) in [7, 11) is 0. The van der Waals surface area contributed by atoms with E-state index in [9.17, 15) is 0 Å². The van der Waals surface area contributed by atoms with Crippen LogP contribution in [0.2, 0.25) is 0 Å². The number of hydrogen-bond acceptors (Lipinski definition) is 1. The van der Waals surface area contributed by atoms with Gasteiger partial charge in [-0.05, 0) is 30.7 Å². The second-order valence-electron chi connectivity index (χ2n) is 3.57. The maximum Gasteiger partial charge on any atom is 0.0507 e. The first-order valence-corrected chi connectivity index (χ1v) is 5.67. The fourth-order valence-corrected chi connectivity index (χ4v) is 2.95. The molecule has 1 aromatic rings. The third-order valence-electron chi connectivity index (χ3n) is 2.55. The molecule has 1 heteroatoms. The fourth-order valence-electron chi connectivity index (χ4n) is 1.80. The Balaban J connectivity index is 2.51. The molecule has 0 spiro atoms. The molecule has 0 unspecified atom stereocenters. The van der Waals surface area contributed by atoms with Gasteiger partial charge in [0.25, 0.3) is 0 Å². The Labute approximate surface area is 92.3 Å². The number of hydrogen-bond donors (Lipinski definition) is 0. The minimum atomic E-state index is 0.856. The van der Waals surface area contributed by atoms with Crippen LogP contribution in [0, 0.1) is 11.8 Å². The summed E-state index contributed by atoms with van der Waals surface area (Å²) in [6, 6.07) is 0. The van der Waals surface area contributed by atoms with E-state index in [1.54, 1.807) is 0 Å². The number of allylic oxidation sites excluding steroid dienone is 2. The van der Waals surface area contributed by atoms with Crippen molar-refractivity contribution in [2.24, 2.45) is 0 Å². The minimum Gasteiger partial charge on any atom is -0.138 e. The highest BCUT2D eigenvalue weighted by atomic mass is 32.1. The Morgan fingerprint density at radius 3 is 3.27 bits per heavy atom. The van der Waals surface area contributed by atoms with Gasteiger partial charge >= 0.3 is 0 Å². The second kappa shape index (κ2) is 3.16. The van der Waals surface area contributed by atoms with E-state index in [1.165, 1.54) is 25.8 Å². The summed E-state index contributed by atoms with van der Waals surface area (Å²) >= 11 is 1.83. The molecular formula is C14H8S. The van der Waals surface area contributed by atoms with Gasteiger partial charge in [0, 0.05) is 21.4 Å². The zero-order valence-corrected chi connectivity index (χ0v) is 9.16. The van der Waals surface area contributed by atoms with Gasteiger partial charge in [0.05, 0.1) is 5.22 Å². The van der Waals surface area contributed by atoms with Crippen molar-refractivity contribution in [1.82, 2.24) is 0 Å². The summed E-state index contributed by atoms with van der Waals surface area (Å²) in [6.45, 7) is 2.12. The summed E-state index contributed by atoms with van der Waals surface area (Å²) in [4.78, 5) is 1.35. The summed E-state index contributed by atoms with van der Waals surface area (Å²) < 4.78 is 1.33. The van der Waals surface area contributed by atoms with Gasteiger partial charge in [-0.25, -0.2) is 0 Å². The lowest BCUT2D eigenvalue weighted by Gasteiger charge is -1.89. The van der Waals surface area contributed by atoms with Crippen LogP contribution in [0.4, 0.5) is 0 Å². The largest absolute Gasteiger partial charge is 0.138 e. The molecule has 0 nitrogen and oxygen atoms in total. The molecule has 0 bridgehead atoms. The third-order valence-corrected chi connectivity index (χ3v) is 3.89. The van der Waals surface area contributed by atoms with Crippen LogP contribution < -0.4 is 9.75 Å². The molecular weight excluding hydrogens is 200 g/mol. The highest BCUT2D eigenvalue weighted by Gasteiger charge is 2.09. The Hall–Kier alpha value is -1.70. The number of rotatable bonds is 0. The molecule has 0 amide bonds. The fraction of sp³-hybridized carbons (Fsp3) is 0.143. The van der Waals surface area contributed by atoms with E-state index in [1.807, 2.05) is 23.5 Å². The lowest BCUT2D eigenvalue weighted by atomic mass is 10.1. The van der Waals surface area contributed by atoms with Gasteiger partial charge in [-0.1, -0.05) is 23.3 Å². The summed E-state index contributed by atoms with van der Waals surface area (Å²) in [5.41, 5.74) is 8.82. The summed E-state index contributed by atoms with van der Waals surface area (Å²) in [5, 5.41) is 1.19. The average Bonchev–Trinajstić information content (AvgIpc) is 2.45. The van der Waals surface area contributed by atoms with Crippen molar-refractivity contribution in [2.75, 3.05) is 0 Å². The van der Waals surface area contributed by atoms with Crippen LogP contribution in [0.5, 0.6) is 0 Å². The predicted molar refractivity (Wildman–Crippen MR) is 64.7 cm³/mol. The molecule has 2 aliphatic rings. The zero-order valence-electron chi connectivity index (χ0n) is 8.35. The Morgan fingerprint density at radius 1 is 1.40 bits per heavy atom. The van der Waals surface area contributed by atoms with Crippen molar-refractivity contribution >= 4 is 28.7 Å². The highest BCUT2D eigenvalue weighted by Crippen LogP contribution is 2.14. The quantitative estimate of drug-likeness (QED) is 0.449. The van der Waals surface area contributed by atoms with Gasteiger partial charge in [0.15, 0.2) is 0 Å². The molecule has 1 heterocycles. The van der Waals surface area contributed by atoms with Crippen molar-refractivity contribution in [1.29, 1.82) is 0 Å². The number of fused-ring (bicyclic) bond motifs is 3. The van der Waals surface area contributed by atoms with E-state index < -0.39 is 0 Å². The Morgan fingerprint density at radius 2 is 2.33 bits per heavy atom. The predicted octanol–water partition coefficient (Wildman–Crippen LogP) is 1.60. The maximum absolute atomic E-state index is 3.21. The van der Waals surface area contributed by atoms with Crippen molar-refractivity contribution in [3.05, 3.63) is 38.1 Å². The monoisotopic (exact) mass is 208 g/mol. The van der Waals surface area contributed by atoms with Crippen LogP contribution in [0.25, 0.3) is 17.4 Å². The standard InChI is InChI=1S/C14H8S/c1-10-6-5-8-12-11-7-3-2-4-9-13(11)15-14(10)12/h3,6-7H,9H2,1H3. The van der Waals surface area contributed by atoms with Crippen molar-refractivity contribution in [3.8, 4) is 11.8 Å². The van der Waals surface area contributed by atoms with Crippen molar-refractivity contribution < 1.29 is 0 Å². The van der Waals surface area contributed by atoms with E-state index in [2.05, 4.69) is 36.3 Å². The average molecular weight is 208 g/mol. The first kappa shape index (κ1) is 8.60.